The molecule has 0 amide bonds. The van der Waals surface area contributed by atoms with Gasteiger partial charge in [-0.1, -0.05) is 0 Å². The van der Waals surface area contributed by atoms with Crippen molar-refractivity contribution in [3.05, 3.63) is 74.4 Å². The monoisotopic (exact) mass is 570 g/mol. The van der Waals surface area contributed by atoms with E-state index in [9.17, 15) is 0 Å². The molecule has 0 radical (unpaired) electrons. The number of hydrogen-bond donors (Lipinski definition) is 0. The van der Waals surface area contributed by atoms with Crippen LogP contribution in [0.3, 0.4) is 0 Å². The summed E-state index contributed by atoms with van der Waals surface area (Å²) in [4.78, 5) is 0. The first-order chi connectivity index (χ1) is 17.3. The second-order valence-electron chi connectivity index (χ2n) is 12.4. The average molecular weight is 572 g/mol. The average Bonchev–Trinajstić information content (AvgIpc) is 3.25. The van der Waals surface area contributed by atoms with Crippen LogP contribution in [0.25, 0.3) is 11.4 Å². The summed E-state index contributed by atoms with van der Waals surface area (Å²) in [5.74, 6) is 2.57. The standard InChI is InChI=1S/C33H48N2.ClH.Cu/c1-20(2)26-15-28(22(5)6)32(29(16-26)23(7)8)34-13-14-35(19-34)33-30(24(9)10)17-27(21(3)4)18-31(33)25(11)12;;/h13-18,20-25H,1-12H3;1H;/q;;+1/p-1. The maximum absolute atomic E-state index is 6.73. The molecule has 1 aromatic heterocycles. The number of aromatic nitrogens is 2. The fourth-order valence-corrected chi connectivity index (χ4v) is 6.10. The molecule has 2 nitrogen and oxygen atoms in total. The van der Waals surface area contributed by atoms with Gasteiger partial charge in [0.05, 0.1) is 0 Å². The molecule has 0 aliphatic rings. The van der Waals surface area contributed by atoms with Crippen LogP contribution >= 0.6 is 10.1 Å². The fraction of sp³-hybridized carbons (Fsp3) is 0.545. The van der Waals surface area contributed by atoms with Gasteiger partial charge in [-0.2, -0.15) is 0 Å². The molecule has 3 aromatic rings. The summed E-state index contributed by atoms with van der Waals surface area (Å²) >= 11 is 1.43. The Bertz CT molecular complexity index is 1150. The van der Waals surface area contributed by atoms with Gasteiger partial charge in [0.2, 0.25) is 0 Å². The van der Waals surface area contributed by atoms with E-state index in [4.69, 9.17) is 10.1 Å². The van der Waals surface area contributed by atoms with Crippen LogP contribution in [0.1, 0.15) is 152 Å². The summed E-state index contributed by atoms with van der Waals surface area (Å²) in [6.07, 6.45) is 4.43. The van der Waals surface area contributed by atoms with Gasteiger partial charge in [-0.3, -0.25) is 0 Å². The van der Waals surface area contributed by atoms with Gasteiger partial charge in [0.15, 0.2) is 0 Å². The molecule has 0 spiro atoms. The van der Waals surface area contributed by atoms with E-state index in [1.807, 2.05) is 0 Å². The van der Waals surface area contributed by atoms with Crippen molar-refractivity contribution >= 4 is 10.1 Å². The Hall–Kier alpha value is -1.54. The Labute approximate surface area is 236 Å². The van der Waals surface area contributed by atoms with Crippen molar-refractivity contribution in [1.29, 1.82) is 0 Å². The van der Waals surface area contributed by atoms with Crippen LogP contribution < -0.4 is 0 Å². The Morgan fingerprint density at radius 1 is 0.486 bits per heavy atom. The van der Waals surface area contributed by atoms with E-state index in [1.165, 1.54) is 58.4 Å². The molecule has 0 saturated carbocycles. The first-order valence-corrected chi connectivity index (χ1v) is 15.7. The summed E-state index contributed by atoms with van der Waals surface area (Å²) in [6.45, 7) is 27.6. The minimum absolute atomic E-state index is 0.400. The number of nitrogens with zero attached hydrogens (tertiary/aromatic N) is 2. The van der Waals surface area contributed by atoms with Crippen molar-refractivity contribution in [1.82, 2.24) is 9.13 Å². The third-order valence-electron chi connectivity index (χ3n) is 7.46. The number of rotatable bonds is 8. The van der Waals surface area contributed by atoms with Gasteiger partial charge in [0.1, 0.15) is 0 Å². The van der Waals surface area contributed by atoms with Crippen LogP contribution in [0.5, 0.6) is 0 Å². The molecule has 2 aromatic carbocycles. The van der Waals surface area contributed by atoms with Crippen LogP contribution in [0, 0.1) is 4.32 Å². The molecule has 0 aliphatic carbocycles. The second-order valence-corrected chi connectivity index (χ2v) is 13.4. The van der Waals surface area contributed by atoms with Gasteiger partial charge in [0, 0.05) is 0 Å². The van der Waals surface area contributed by atoms with E-state index >= 15 is 0 Å². The molecule has 0 bridgehead atoms. The topological polar surface area (TPSA) is 9.86 Å². The van der Waals surface area contributed by atoms with Gasteiger partial charge in [0.25, 0.3) is 0 Å². The van der Waals surface area contributed by atoms with Gasteiger partial charge < -0.3 is 0 Å². The van der Waals surface area contributed by atoms with E-state index in [1.54, 1.807) is 0 Å². The van der Waals surface area contributed by atoms with Gasteiger partial charge in [-0.05, 0) is 0 Å². The predicted molar refractivity (Wildman–Crippen MR) is 159 cm³/mol. The summed E-state index contributed by atoms with van der Waals surface area (Å²) in [5.41, 5.74) is 10.9. The summed E-state index contributed by atoms with van der Waals surface area (Å²) < 4.78 is 5.70. The van der Waals surface area contributed by atoms with Crippen LogP contribution in [0.15, 0.2) is 36.7 Å². The number of imidazole rings is 1. The molecule has 0 saturated heterocycles. The second kappa shape index (κ2) is 12.1. The molecule has 1 heterocycles. The first kappa shape index (κ1) is 30.0. The molecule has 0 N–H and O–H groups in total. The molecule has 0 aliphatic heterocycles. The van der Waals surface area contributed by atoms with E-state index < -0.39 is 0 Å². The van der Waals surface area contributed by atoms with E-state index in [-0.39, 0.29) is 0 Å². The van der Waals surface area contributed by atoms with E-state index in [0.717, 1.165) is 4.32 Å². The third kappa shape index (κ3) is 6.05. The SMILES string of the molecule is CC(C)c1cc(C(C)C)c(-n2ccn(-c3c(C(C)C)cc(C(C)C)cc3C(C)C)[c]2=[Cu][Cl])c(C(C)C)c1. The minimum atomic E-state index is 0.400. The van der Waals surface area contributed by atoms with Crippen LogP contribution in [-0.2, 0) is 13.6 Å². The van der Waals surface area contributed by atoms with E-state index in [0.29, 0.717) is 35.5 Å². The van der Waals surface area contributed by atoms with Gasteiger partial charge in [-0.25, -0.2) is 0 Å². The summed E-state index contributed by atoms with van der Waals surface area (Å²) in [5, 5.41) is 0. The summed E-state index contributed by atoms with van der Waals surface area (Å²) in [6, 6.07) is 9.66. The van der Waals surface area contributed by atoms with Crippen molar-refractivity contribution in [3.8, 4) is 11.4 Å². The molecule has 37 heavy (non-hydrogen) atoms. The predicted octanol–water partition coefficient (Wildman–Crippen LogP) is 10.8. The molecule has 208 valence electrons. The zero-order chi connectivity index (χ0) is 27.8. The van der Waals surface area contributed by atoms with Crippen LogP contribution in [-0.4, -0.2) is 9.13 Å². The Morgan fingerprint density at radius 3 is 0.946 bits per heavy atom. The van der Waals surface area contributed by atoms with Crippen molar-refractivity contribution < 1.29 is 13.6 Å². The molecule has 4 heteroatoms. The molecule has 3 rings (SSSR count). The number of benzene rings is 2. The molecular weight excluding hydrogens is 523 g/mol. The number of halogens is 1. The molecular formula is C33H48ClCuN2. The summed E-state index contributed by atoms with van der Waals surface area (Å²) in [7, 11) is 6.73. The van der Waals surface area contributed by atoms with Crippen molar-refractivity contribution in [2.45, 2.75) is 119 Å². The number of hydrogen-bond acceptors (Lipinski definition) is 0. The van der Waals surface area contributed by atoms with Gasteiger partial charge in [-0.15, -0.1) is 0 Å². The Morgan fingerprint density at radius 2 is 0.757 bits per heavy atom. The fourth-order valence-electron chi connectivity index (χ4n) is 5.12. The van der Waals surface area contributed by atoms with Crippen LogP contribution in [0.4, 0.5) is 0 Å². The first-order valence-electron chi connectivity index (χ1n) is 14.0. The molecule has 0 fully saturated rings. The molecule has 0 unspecified atom stereocenters. The van der Waals surface area contributed by atoms with Crippen molar-refractivity contribution in [2.24, 2.45) is 0 Å². The van der Waals surface area contributed by atoms with Crippen molar-refractivity contribution in [3.63, 3.8) is 0 Å². The van der Waals surface area contributed by atoms with E-state index in [2.05, 4.69) is 129 Å². The molecule has 0 atom stereocenters. The zero-order valence-corrected chi connectivity index (χ0v) is 26.7. The normalized spacial score (nSPS) is 12.5. The van der Waals surface area contributed by atoms with Gasteiger partial charge >= 0.3 is 237 Å². The zero-order valence-electron chi connectivity index (χ0n) is 25.0. The quantitative estimate of drug-likeness (QED) is 0.238. The Kier molecular flexibility index (Phi) is 9.82. The third-order valence-corrected chi connectivity index (χ3v) is 8.50. The maximum atomic E-state index is 6.73. The van der Waals surface area contributed by atoms with Crippen molar-refractivity contribution in [2.75, 3.05) is 0 Å². The Balaban J connectivity index is 2.45. The van der Waals surface area contributed by atoms with Crippen LogP contribution in [0.2, 0.25) is 0 Å².